The highest BCUT2D eigenvalue weighted by Gasteiger charge is 1.99. The molecule has 0 aliphatic heterocycles. The molecule has 0 aliphatic carbocycles. The zero-order valence-electron chi connectivity index (χ0n) is 6.76. The Hall–Kier alpha value is -1.30. The molecule has 0 heterocycles. The van der Waals surface area contributed by atoms with Crippen LogP contribution in [0, 0.1) is 0 Å². The Kier molecular flexibility index (Phi) is 3.97. The number of hydrazine groups is 2. The van der Waals surface area contributed by atoms with Crippen LogP contribution in [0.3, 0.4) is 0 Å². The molecular weight excluding hydrogens is 148 g/mol. The van der Waals surface area contributed by atoms with E-state index in [0.29, 0.717) is 0 Å². The van der Waals surface area contributed by atoms with Crippen molar-refractivity contribution in [2.75, 3.05) is 14.1 Å². The van der Waals surface area contributed by atoms with Crippen LogP contribution in [-0.4, -0.2) is 31.0 Å². The summed E-state index contributed by atoms with van der Waals surface area (Å²) in [6.07, 6.45) is 0. The number of hydrogen-bond acceptors (Lipinski definition) is 3. The lowest BCUT2D eigenvalue weighted by atomic mass is 10.8. The minimum Gasteiger partial charge on any atom is -0.274 e. The fraction of sp³-hybridized carbons (Fsp3) is 0.600. The monoisotopic (exact) mass is 160 g/mol. The summed E-state index contributed by atoms with van der Waals surface area (Å²) in [6, 6.07) is -0.481. The lowest BCUT2D eigenvalue weighted by molar-refractivity contribution is -0.119. The van der Waals surface area contributed by atoms with E-state index in [1.807, 2.05) is 0 Å². The standard InChI is InChI=1S/C5H12N4O2/c1-4(10)6-7-5(11)8-9(2)3/h1-3H3,(H,6,10)(H2,7,8,11). The lowest BCUT2D eigenvalue weighted by Crippen LogP contribution is -2.50. The zero-order chi connectivity index (χ0) is 8.85. The fourth-order valence-corrected chi connectivity index (χ4v) is 0.376. The van der Waals surface area contributed by atoms with E-state index in [1.54, 1.807) is 14.1 Å². The quantitative estimate of drug-likeness (QED) is 0.422. The molecule has 0 radical (unpaired) electrons. The van der Waals surface area contributed by atoms with E-state index in [9.17, 15) is 9.59 Å². The first-order valence-corrected chi connectivity index (χ1v) is 3.03. The third-order valence-electron chi connectivity index (χ3n) is 0.677. The summed E-state index contributed by atoms with van der Waals surface area (Å²) in [6.45, 7) is 1.30. The van der Waals surface area contributed by atoms with Gasteiger partial charge >= 0.3 is 6.03 Å². The molecular formula is C5H12N4O2. The van der Waals surface area contributed by atoms with Gasteiger partial charge in [-0.05, 0) is 0 Å². The van der Waals surface area contributed by atoms with Gasteiger partial charge in [0, 0.05) is 21.0 Å². The molecule has 0 saturated heterocycles. The number of carbonyl (C=O) groups is 2. The average Bonchev–Trinajstić information content (AvgIpc) is 1.82. The topological polar surface area (TPSA) is 73.5 Å². The molecule has 0 aromatic carbocycles. The molecule has 0 aromatic heterocycles. The van der Waals surface area contributed by atoms with E-state index in [0.717, 1.165) is 0 Å². The fourth-order valence-electron chi connectivity index (χ4n) is 0.376. The van der Waals surface area contributed by atoms with Crippen LogP contribution in [0.5, 0.6) is 0 Å². The van der Waals surface area contributed by atoms with E-state index in [-0.39, 0.29) is 5.91 Å². The van der Waals surface area contributed by atoms with Gasteiger partial charge < -0.3 is 0 Å². The van der Waals surface area contributed by atoms with E-state index < -0.39 is 6.03 Å². The van der Waals surface area contributed by atoms with Crippen molar-refractivity contribution in [1.82, 2.24) is 21.3 Å². The van der Waals surface area contributed by atoms with E-state index in [1.165, 1.54) is 11.9 Å². The molecule has 0 aromatic rings. The number of rotatable bonds is 1. The number of carbonyl (C=O) groups excluding carboxylic acids is 2. The van der Waals surface area contributed by atoms with Gasteiger partial charge in [0.05, 0.1) is 0 Å². The van der Waals surface area contributed by atoms with Crippen molar-refractivity contribution in [3.8, 4) is 0 Å². The van der Waals surface area contributed by atoms with Crippen molar-refractivity contribution < 1.29 is 9.59 Å². The number of nitrogens with one attached hydrogen (secondary N) is 3. The van der Waals surface area contributed by atoms with Gasteiger partial charge in [-0.3, -0.25) is 15.6 Å². The van der Waals surface area contributed by atoms with Crippen molar-refractivity contribution in [3.05, 3.63) is 0 Å². The van der Waals surface area contributed by atoms with Crippen LogP contribution >= 0.6 is 0 Å². The summed E-state index contributed by atoms with van der Waals surface area (Å²) >= 11 is 0. The lowest BCUT2D eigenvalue weighted by Gasteiger charge is -2.12. The SMILES string of the molecule is CC(=O)NNC(=O)NN(C)C. The van der Waals surface area contributed by atoms with Gasteiger partial charge in [-0.15, -0.1) is 0 Å². The highest BCUT2D eigenvalue weighted by molar-refractivity contribution is 5.79. The second-order valence-corrected chi connectivity index (χ2v) is 2.14. The summed E-state index contributed by atoms with van der Waals surface area (Å²) in [4.78, 5) is 20.9. The number of amides is 3. The van der Waals surface area contributed by atoms with Crippen molar-refractivity contribution in [2.45, 2.75) is 6.92 Å². The summed E-state index contributed by atoms with van der Waals surface area (Å²) in [7, 11) is 3.32. The molecule has 0 atom stereocenters. The third kappa shape index (κ3) is 6.59. The first-order valence-electron chi connectivity index (χ1n) is 3.03. The maximum absolute atomic E-state index is 10.7. The molecule has 64 valence electrons. The van der Waals surface area contributed by atoms with Crippen molar-refractivity contribution in [1.29, 1.82) is 0 Å². The first-order chi connectivity index (χ1) is 5.02. The molecule has 0 aliphatic rings. The van der Waals surface area contributed by atoms with Gasteiger partial charge in [0.15, 0.2) is 0 Å². The van der Waals surface area contributed by atoms with Crippen LogP contribution in [0.25, 0.3) is 0 Å². The molecule has 0 saturated carbocycles. The Labute approximate surface area is 64.9 Å². The Morgan fingerprint density at radius 1 is 1.18 bits per heavy atom. The molecule has 6 nitrogen and oxygen atoms in total. The maximum Gasteiger partial charge on any atom is 0.347 e. The first kappa shape index (κ1) is 9.70. The maximum atomic E-state index is 10.7. The normalized spacial score (nSPS) is 9.09. The average molecular weight is 160 g/mol. The van der Waals surface area contributed by atoms with E-state index in [2.05, 4.69) is 16.3 Å². The van der Waals surface area contributed by atoms with Crippen molar-refractivity contribution in [2.24, 2.45) is 0 Å². The van der Waals surface area contributed by atoms with Crippen LogP contribution in [-0.2, 0) is 4.79 Å². The molecule has 6 heteroatoms. The van der Waals surface area contributed by atoms with Gasteiger partial charge in [0.25, 0.3) is 0 Å². The highest BCUT2D eigenvalue weighted by Crippen LogP contribution is 1.64. The van der Waals surface area contributed by atoms with Gasteiger partial charge in [-0.2, -0.15) is 0 Å². The second kappa shape index (κ2) is 4.51. The molecule has 11 heavy (non-hydrogen) atoms. The van der Waals surface area contributed by atoms with Crippen LogP contribution < -0.4 is 16.3 Å². The molecule has 0 rings (SSSR count). The van der Waals surface area contributed by atoms with Crippen molar-refractivity contribution in [3.63, 3.8) is 0 Å². The third-order valence-corrected chi connectivity index (χ3v) is 0.677. The van der Waals surface area contributed by atoms with Crippen LogP contribution in [0.2, 0.25) is 0 Å². The second-order valence-electron chi connectivity index (χ2n) is 2.14. The summed E-state index contributed by atoms with van der Waals surface area (Å²) in [5, 5.41) is 1.46. The molecule has 0 spiro atoms. The summed E-state index contributed by atoms with van der Waals surface area (Å²) in [5.41, 5.74) is 6.61. The van der Waals surface area contributed by atoms with Crippen LogP contribution in [0.4, 0.5) is 4.79 Å². The largest absolute Gasteiger partial charge is 0.347 e. The zero-order valence-corrected chi connectivity index (χ0v) is 6.76. The number of hydrogen-bond donors (Lipinski definition) is 3. The van der Waals surface area contributed by atoms with Gasteiger partial charge in [0.1, 0.15) is 0 Å². The smallest absolute Gasteiger partial charge is 0.274 e. The number of nitrogens with zero attached hydrogens (tertiary/aromatic N) is 1. The van der Waals surface area contributed by atoms with Crippen LogP contribution in [0.1, 0.15) is 6.92 Å². The van der Waals surface area contributed by atoms with E-state index >= 15 is 0 Å². The van der Waals surface area contributed by atoms with Gasteiger partial charge in [-0.25, -0.2) is 15.2 Å². The van der Waals surface area contributed by atoms with Gasteiger partial charge in [-0.1, -0.05) is 0 Å². The molecule has 0 unspecified atom stereocenters. The van der Waals surface area contributed by atoms with Crippen LogP contribution in [0.15, 0.2) is 0 Å². The van der Waals surface area contributed by atoms with Gasteiger partial charge in [0.2, 0.25) is 5.91 Å². The minimum absolute atomic E-state index is 0.320. The molecule has 3 amide bonds. The predicted octanol–water partition coefficient (Wildman–Crippen LogP) is -1.19. The Balaban J connectivity index is 3.45. The number of urea groups is 1. The predicted molar refractivity (Wildman–Crippen MR) is 39.2 cm³/mol. The highest BCUT2D eigenvalue weighted by atomic mass is 16.2. The Morgan fingerprint density at radius 2 is 1.73 bits per heavy atom. The minimum atomic E-state index is -0.481. The summed E-state index contributed by atoms with van der Waals surface area (Å²) < 4.78 is 0. The Bertz CT molecular complexity index is 157. The molecule has 0 bridgehead atoms. The van der Waals surface area contributed by atoms with E-state index in [4.69, 9.17) is 0 Å². The molecule has 3 N–H and O–H groups in total. The molecule has 0 fully saturated rings. The Morgan fingerprint density at radius 3 is 2.09 bits per heavy atom. The van der Waals surface area contributed by atoms with Crippen molar-refractivity contribution >= 4 is 11.9 Å². The summed E-state index contributed by atoms with van der Waals surface area (Å²) in [5.74, 6) is -0.320.